The number of nitrogens with one attached hydrogen (secondary N) is 1. The van der Waals surface area contributed by atoms with Crippen LogP contribution in [0.1, 0.15) is 25.1 Å². The Morgan fingerprint density at radius 3 is 2.72 bits per heavy atom. The summed E-state index contributed by atoms with van der Waals surface area (Å²) in [6.45, 7) is 2.12. The van der Waals surface area contributed by atoms with Gasteiger partial charge in [0.1, 0.15) is 11.5 Å². The van der Waals surface area contributed by atoms with Crippen LogP contribution in [0.15, 0.2) is 39.2 Å². The van der Waals surface area contributed by atoms with E-state index in [0.29, 0.717) is 5.02 Å². The number of hydrogen-bond donors (Lipinski definition) is 1. The maximum atomic E-state index is 6.22. The first-order valence-corrected chi connectivity index (χ1v) is 7.05. The van der Waals surface area contributed by atoms with Gasteiger partial charge in [-0.15, -0.1) is 0 Å². The summed E-state index contributed by atoms with van der Waals surface area (Å²) in [6, 6.07) is 9.98. The van der Waals surface area contributed by atoms with E-state index in [-0.39, 0.29) is 6.04 Å². The highest BCUT2D eigenvalue weighted by molar-refractivity contribution is 9.10. The van der Waals surface area contributed by atoms with Crippen LogP contribution in [0.5, 0.6) is 0 Å². The molecule has 1 unspecified atom stereocenters. The summed E-state index contributed by atoms with van der Waals surface area (Å²) >= 11 is 9.61. The molecule has 4 heteroatoms. The molecule has 0 amide bonds. The van der Waals surface area contributed by atoms with Crippen LogP contribution < -0.4 is 5.32 Å². The van der Waals surface area contributed by atoms with Gasteiger partial charge in [0, 0.05) is 10.0 Å². The topological polar surface area (TPSA) is 25.2 Å². The lowest BCUT2D eigenvalue weighted by Crippen LogP contribution is -2.14. The largest absolute Gasteiger partial charge is 0.459 e. The molecule has 0 aliphatic carbocycles. The second-order valence-electron chi connectivity index (χ2n) is 4.08. The predicted octanol–water partition coefficient (Wildman–Crippen LogP) is 5.03. The maximum Gasteiger partial charge on any atom is 0.135 e. The quantitative estimate of drug-likeness (QED) is 0.851. The third-order valence-electron chi connectivity index (χ3n) is 2.92. The summed E-state index contributed by atoms with van der Waals surface area (Å²) < 4.78 is 6.83. The fourth-order valence-corrected chi connectivity index (χ4v) is 2.69. The number of benzene rings is 1. The average Bonchev–Trinajstić information content (AvgIpc) is 2.80. The van der Waals surface area contributed by atoms with E-state index in [1.54, 1.807) is 0 Å². The fraction of sp³-hybridized carbons (Fsp3) is 0.286. The molecule has 1 aromatic carbocycles. The molecule has 2 rings (SSSR count). The van der Waals surface area contributed by atoms with Crippen molar-refractivity contribution in [3.63, 3.8) is 0 Å². The number of furan rings is 1. The molecule has 0 spiro atoms. The predicted molar refractivity (Wildman–Crippen MR) is 78.9 cm³/mol. The average molecular weight is 329 g/mol. The van der Waals surface area contributed by atoms with Crippen molar-refractivity contribution in [2.24, 2.45) is 0 Å². The normalized spacial score (nSPS) is 12.7. The molecular formula is C14H15BrClNO. The van der Waals surface area contributed by atoms with Crippen LogP contribution in [0.4, 0.5) is 0 Å². The molecule has 1 heterocycles. The van der Waals surface area contributed by atoms with Gasteiger partial charge in [0.2, 0.25) is 0 Å². The molecule has 18 heavy (non-hydrogen) atoms. The summed E-state index contributed by atoms with van der Waals surface area (Å²) in [5, 5.41) is 3.91. The van der Waals surface area contributed by atoms with E-state index in [1.165, 1.54) is 0 Å². The number of rotatable bonds is 4. The molecule has 0 fully saturated rings. The van der Waals surface area contributed by atoms with Gasteiger partial charge in [0.25, 0.3) is 0 Å². The molecular weight excluding hydrogens is 314 g/mol. The monoisotopic (exact) mass is 327 g/mol. The van der Waals surface area contributed by atoms with E-state index < -0.39 is 0 Å². The Balaban J connectivity index is 2.34. The van der Waals surface area contributed by atoms with Crippen LogP contribution in [0.3, 0.4) is 0 Å². The fourth-order valence-electron chi connectivity index (χ4n) is 1.92. The van der Waals surface area contributed by atoms with Gasteiger partial charge < -0.3 is 9.73 Å². The van der Waals surface area contributed by atoms with E-state index in [0.717, 1.165) is 28.0 Å². The van der Waals surface area contributed by atoms with Crippen molar-refractivity contribution < 1.29 is 4.42 Å². The summed E-state index contributed by atoms with van der Waals surface area (Å²) in [7, 11) is 1.93. The molecule has 1 N–H and O–H groups in total. The summed E-state index contributed by atoms with van der Waals surface area (Å²) in [6.07, 6.45) is 0.984. The molecule has 2 nitrogen and oxygen atoms in total. The van der Waals surface area contributed by atoms with Crippen molar-refractivity contribution in [3.8, 4) is 11.3 Å². The van der Waals surface area contributed by atoms with E-state index in [9.17, 15) is 0 Å². The highest BCUT2D eigenvalue weighted by Gasteiger charge is 2.14. The first kappa shape index (κ1) is 13.7. The van der Waals surface area contributed by atoms with Gasteiger partial charge in [0.05, 0.1) is 11.1 Å². The molecule has 0 saturated heterocycles. The highest BCUT2D eigenvalue weighted by Crippen LogP contribution is 2.33. The van der Waals surface area contributed by atoms with E-state index in [2.05, 4.69) is 28.2 Å². The van der Waals surface area contributed by atoms with Crippen LogP contribution in [-0.4, -0.2) is 7.05 Å². The Morgan fingerprint density at radius 2 is 2.11 bits per heavy atom. The molecule has 0 aliphatic heterocycles. The number of hydrogen-bond acceptors (Lipinski definition) is 2. The minimum Gasteiger partial charge on any atom is -0.459 e. The van der Waals surface area contributed by atoms with Crippen molar-refractivity contribution >= 4 is 27.5 Å². The van der Waals surface area contributed by atoms with Crippen molar-refractivity contribution in [1.29, 1.82) is 0 Å². The van der Waals surface area contributed by atoms with Crippen LogP contribution in [0, 0.1) is 0 Å². The zero-order valence-corrected chi connectivity index (χ0v) is 12.7. The zero-order valence-electron chi connectivity index (χ0n) is 10.3. The van der Waals surface area contributed by atoms with Crippen LogP contribution in [0.2, 0.25) is 5.02 Å². The zero-order chi connectivity index (χ0) is 13.1. The van der Waals surface area contributed by atoms with Crippen LogP contribution >= 0.6 is 27.5 Å². The lowest BCUT2D eigenvalue weighted by atomic mass is 10.1. The van der Waals surface area contributed by atoms with E-state index >= 15 is 0 Å². The van der Waals surface area contributed by atoms with Crippen LogP contribution in [-0.2, 0) is 0 Å². The molecule has 0 bridgehead atoms. The first-order chi connectivity index (χ1) is 8.65. The molecule has 0 aliphatic rings. The van der Waals surface area contributed by atoms with Gasteiger partial charge in [0.15, 0.2) is 0 Å². The summed E-state index contributed by atoms with van der Waals surface area (Å²) in [5.74, 6) is 1.74. The Kier molecular flexibility index (Phi) is 4.49. The van der Waals surface area contributed by atoms with Gasteiger partial charge in [-0.3, -0.25) is 0 Å². The molecule has 2 aromatic rings. The molecule has 0 radical (unpaired) electrons. The Hall–Kier alpha value is -0.770. The van der Waals surface area contributed by atoms with Gasteiger partial charge in [-0.05, 0) is 43.8 Å². The standard InChI is InChI=1S/C14H15BrClNO/c1-3-12(17-2)14-7-6-13(18-14)10-5-4-9(15)8-11(10)16/h4-8,12,17H,3H2,1-2H3. The highest BCUT2D eigenvalue weighted by atomic mass is 79.9. The first-order valence-electron chi connectivity index (χ1n) is 5.88. The van der Waals surface area contributed by atoms with Gasteiger partial charge in [-0.25, -0.2) is 0 Å². The second kappa shape index (κ2) is 5.91. The van der Waals surface area contributed by atoms with Crippen molar-refractivity contribution in [2.45, 2.75) is 19.4 Å². The van der Waals surface area contributed by atoms with E-state index in [1.807, 2.05) is 37.4 Å². The Labute approximate surface area is 120 Å². The Morgan fingerprint density at radius 1 is 1.33 bits per heavy atom. The SMILES string of the molecule is CCC(NC)c1ccc(-c2ccc(Br)cc2Cl)o1. The van der Waals surface area contributed by atoms with Crippen molar-refractivity contribution in [3.05, 3.63) is 45.6 Å². The minimum absolute atomic E-state index is 0.243. The smallest absolute Gasteiger partial charge is 0.135 e. The lowest BCUT2D eigenvalue weighted by molar-refractivity contribution is 0.431. The van der Waals surface area contributed by atoms with Gasteiger partial charge in [-0.2, -0.15) is 0 Å². The third-order valence-corrected chi connectivity index (χ3v) is 3.73. The van der Waals surface area contributed by atoms with Gasteiger partial charge >= 0.3 is 0 Å². The molecule has 1 aromatic heterocycles. The second-order valence-corrected chi connectivity index (χ2v) is 5.40. The van der Waals surface area contributed by atoms with Crippen molar-refractivity contribution in [1.82, 2.24) is 5.32 Å². The molecule has 1 atom stereocenters. The van der Waals surface area contributed by atoms with Crippen LogP contribution in [0.25, 0.3) is 11.3 Å². The lowest BCUT2D eigenvalue weighted by Gasteiger charge is -2.10. The molecule has 96 valence electrons. The summed E-state index contributed by atoms with van der Waals surface area (Å²) in [4.78, 5) is 0. The minimum atomic E-state index is 0.243. The maximum absolute atomic E-state index is 6.22. The number of halogens is 2. The van der Waals surface area contributed by atoms with Crippen molar-refractivity contribution in [2.75, 3.05) is 7.05 Å². The van der Waals surface area contributed by atoms with Gasteiger partial charge in [-0.1, -0.05) is 34.5 Å². The third kappa shape index (κ3) is 2.79. The van der Waals surface area contributed by atoms with E-state index in [4.69, 9.17) is 16.0 Å². The Bertz CT molecular complexity index is 534. The summed E-state index contributed by atoms with van der Waals surface area (Å²) in [5.41, 5.74) is 0.914. The molecule has 0 saturated carbocycles.